The molecule has 0 saturated heterocycles. The lowest BCUT2D eigenvalue weighted by molar-refractivity contribution is 0.0992. The Bertz CT molecular complexity index is 702. The Morgan fingerprint density at radius 1 is 1.19 bits per heavy atom. The summed E-state index contributed by atoms with van der Waals surface area (Å²) in [6.07, 6.45) is 5.27. The van der Waals surface area contributed by atoms with Crippen molar-refractivity contribution in [3.8, 4) is 5.75 Å². The third-order valence-corrected chi connectivity index (χ3v) is 4.63. The zero-order valence-electron chi connectivity index (χ0n) is 14.8. The first-order valence-electron chi connectivity index (χ1n) is 9.09. The number of fused-ring (bicyclic) bond motifs is 4. The van der Waals surface area contributed by atoms with Crippen LogP contribution < -0.4 is 21.5 Å². The predicted molar refractivity (Wildman–Crippen MR) is 100 cm³/mol. The van der Waals surface area contributed by atoms with Crippen LogP contribution >= 0.6 is 0 Å². The predicted octanol–water partition coefficient (Wildman–Crippen LogP) is 2.59. The minimum Gasteiger partial charge on any atom is -0.494 e. The number of rotatable bonds is 0. The van der Waals surface area contributed by atoms with Crippen molar-refractivity contribution in [3.05, 3.63) is 36.0 Å². The first-order chi connectivity index (χ1) is 12.6. The van der Waals surface area contributed by atoms with Gasteiger partial charge in [-0.1, -0.05) is 6.07 Å². The van der Waals surface area contributed by atoms with Crippen LogP contribution in [0.2, 0.25) is 0 Å². The van der Waals surface area contributed by atoms with Crippen LogP contribution in [0.1, 0.15) is 32.1 Å². The summed E-state index contributed by atoms with van der Waals surface area (Å²) in [6, 6.07) is 7.48. The number of hydrogen-bond acceptors (Lipinski definition) is 6. The number of aliphatic imine (C=N–C) groups is 1. The molecule has 1 amide bonds. The molecule has 0 aromatic heterocycles. The molecule has 1 fully saturated rings. The summed E-state index contributed by atoms with van der Waals surface area (Å²) in [6.45, 7) is 1.14. The van der Waals surface area contributed by atoms with E-state index < -0.39 is 0 Å². The van der Waals surface area contributed by atoms with E-state index in [1.807, 2.05) is 24.3 Å². The molecule has 4 bridgehead atoms. The number of alkyl carbamates (subject to hydrolysis) is 1. The van der Waals surface area contributed by atoms with Gasteiger partial charge in [-0.15, -0.1) is 0 Å². The average Bonchev–Trinajstić information content (AvgIpc) is 3.06. The Labute approximate surface area is 153 Å². The van der Waals surface area contributed by atoms with Crippen molar-refractivity contribution in [2.75, 3.05) is 13.2 Å². The van der Waals surface area contributed by atoms with Crippen LogP contribution in [-0.2, 0) is 4.74 Å². The number of carbonyl (C=O) groups is 1. The van der Waals surface area contributed by atoms with E-state index in [0.717, 1.165) is 37.1 Å². The molecule has 0 radical (unpaired) electrons. The van der Waals surface area contributed by atoms with E-state index in [4.69, 9.17) is 20.9 Å². The summed E-state index contributed by atoms with van der Waals surface area (Å²) < 4.78 is 11.2. The minimum absolute atomic E-state index is 0.107. The van der Waals surface area contributed by atoms with Crippen LogP contribution in [0.25, 0.3) is 0 Å². The molecule has 1 aliphatic carbocycles. The van der Waals surface area contributed by atoms with Crippen molar-refractivity contribution in [1.29, 1.82) is 0 Å². The summed E-state index contributed by atoms with van der Waals surface area (Å²) in [5.74, 6) is 1.24. The molecular weight excluding hydrogens is 332 g/mol. The number of benzene rings is 1. The molecule has 1 aromatic carbocycles. The summed E-state index contributed by atoms with van der Waals surface area (Å²) in [7, 11) is 0. The Morgan fingerprint density at radius 2 is 2.08 bits per heavy atom. The van der Waals surface area contributed by atoms with Gasteiger partial charge in [-0.3, -0.25) is 0 Å². The zero-order chi connectivity index (χ0) is 18.4. The van der Waals surface area contributed by atoms with E-state index in [-0.39, 0.29) is 18.1 Å². The van der Waals surface area contributed by atoms with Gasteiger partial charge < -0.3 is 26.3 Å². The average molecular weight is 358 g/mol. The Hall–Kier alpha value is -2.70. The van der Waals surface area contributed by atoms with Crippen LogP contribution in [0.3, 0.4) is 0 Å². The van der Waals surface area contributed by atoms with E-state index in [0.29, 0.717) is 31.1 Å². The van der Waals surface area contributed by atoms with Crippen LogP contribution in [0, 0.1) is 5.92 Å². The van der Waals surface area contributed by atoms with Gasteiger partial charge in [0, 0.05) is 24.2 Å². The van der Waals surface area contributed by atoms with Gasteiger partial charge in [-0.25, -0.2) is 9.79 Å². The molecule has 3 rings (SSSR count). The maximum atomic E-state index is 11.9. The fourth-order valence-corrected chi connectivity index (χ4v) is 3.26. The van der Waals surface area contributed by atoms with Gasteiger partial charge in [0.1, 0.15) is 17.7 Å². The Kier molecular flexibility index (Phi) is 5.99. The smallest absolute Gasteiger partial charge is 0.407 e. The van der Waals surface area contributed by atoms with Crippen LogP contribution in [0.5, 0.6) is 5.75 Å². The molecule has 1 saturated carbocycles. The second-order valence-corrected chi connectivity index (χ2v) is 6.70. The van der Waals surface area contributed by atoms with E-state index >= 15 is 0 Å². The van der Waals surface area contributed by atoms with E-state index in [1.54, 1.807) is 6.08 Å². The van der Waals surface area contributed by atoms with Crippen molar-refractivity contribution in [3.63, 3.8) is 0 Å². The highest BCUT2D eigenvalue weighted by Crippen LogP contribution is 2.31. The largest absolute Gasteiger partial charge is 0.494 e. The molecule has 140 valence electrons. The summed E-state index contributed by atoms with van der Waals surface area (Å²) in [4.78, 5) is 16.3. The quantitative estimate of drug-likeness (QED) is 0.660. The molecule has 0 spiro atoms. The van der Waals surface area contributed by atoms with Gasteiger partial charge in [0.25, 0.3) is 0 Å². The number of hydrogen-bond donors (Lipinski definition) is 3. The molecule has 5 N–H and O–H groups in total. The lowest BCUT2D eigenvalue weighted by Crippen LogP contribution is -2.29. The van der Waals surface area contributed by atoms with Crippen LogP contribution in [-0.4, -0.2) is 31.2 Å². The topological polar surface area (TPSA) is 112 Å². The number of nitrogens with one attached hydrogen (secondary N) is 1. The standard InChI is InChI=1S/C19H26N4O3/c20-17-12-18(21)23-14-4-3-5-15(11-14)25-9-2-1-8-22-19(24)26-16-7-6-13(17)10-16/h3-5,11-13,16H,1-2,6-10,20H2,(H2,21,23)(H,22,24)/b17-12-. The lowest BCUT2D eigenvalue weighted by atomic mass is 10.0. The number of nitrogens with two attached hydrogens (primary N) is 2. The van der Waals surface area contributed by atoms with Crippen LogP contribution in [0.15, 0.2) is 41.0 Å². The fraction of sp³-hybridized carbons (Fsp3) is 0.474. The molecular formula is C19H26N4O3. The fourth-order valence-electron chi connectivity index (χ4n) is 3.26. The molecule has 1 aromatic rings. The van der Waals surface area contributed by atoms with Gasteiger partial charge in [0.2, 0.25) is 0 Å². The summed E-state index contributed by atoms with van der Waals surface area (Å²) >= 11 is 0. The Balaban J connectivity index is 1.77. The second kappa shape index (κ2) is 8.60. The highest BCUT2D eigenvalue weighted by Gasteiger charge is 2.29. The number of amides is 1. The third-order valence-electron chi connectivity index (χ3n) is 4.63. The molecule has 2 atom stereocenters. The van der Waals surface area contributed by atoms with Crippen molar-refractivity contribution in [1.82, 2.24) is 5.32 Å². The highest BCUT2D eigenvalue weighted by molar-refractivity contribution is 5.93. The van der Waals surface area contributed by atoms with Gasteiger partial charge in [-0.2, -0.15) is 0 Å². The van der Waals surface area contributed by atoms with Gasteiger partial charge in [0.15, 0.2) is 0 Å². The summed E-state index contributed by atoms with van der Waals surface area (Å²) in [5, 5.41) is 2.79. The molecule has 2 unspecified atom stereocenters. The number of allylic oxidation sites excluding steroid dienone is 1. The van der Waals surface area contributed by atoms with Gasteiger partial charge in [-0.05, 0) is 50.3 Å². The molecule has 1 aliphatic heterocycles. The molecule has 1 heterocycles. The van der Waals surface area contributed by atoms with Crippen molar-refractivity contribution >= 4 is 17.6 Å². The first kappa shape index (κ1) is 18.1. The zero-order valence-corrected chi connectivity index (χ0v) is 14.8. The maximum Gasteiger partial charge on any atom is 0.407 e. The second-order valence-electron chi connectivity index (χ2n) is 6.70. The molecule has 7 heteroatoms. The first-order valence-corrected chi connectivity index (χ1v) is 9.09. The molecule has 26 heavy (non-hydrogen) atoms. The van der Waals surface area contributed by atoms with Gasteiger partial charge in [0.05, 0.1) is 12.3 Å². The number of amidine groups is 1. The number of carbonyl (C=O) groups excluding carboxylic acids is 1. The lowest BCUT2D eigenvalue weighted by Gasteiger charge is -2.14. The number of nitrogens with zero attached hydrogens (tertiary/aromatic N) is 1. The molecule has 2 aliphatic rings. The van der Waals surface area contributed by atoms with Crippen molar-refractivity contribution in [2.45, 2.75) is 38.2 Å². The monoisotopic (exact) mass is 358 g/mol. The normalized spacial score (nSPS) is 26.8. The van der Waals surface area contributed by atoms with E-state index in [9.17, 15) is 4.79 Å². The highest BCUT2D eigenvalue weighted by atomic mass is 16.6. The maximum absolute atomic E-state index is 11.9. The summed E-state index contributed by atoms with van der Waals surface area (Å²) in [5.41, 5.74) is 13.6. The SMILES string of the molecule is NC1=Nc2cccc(c2)OCCCCNC(=O)OC2CCC(C2)/C(N)=C/1. The third kappa shape index (κ3) is 5.15. The van der Waals surface area contributed by atoms with Gasteiger partial charge >= 0.3 is 6.09 Å². The molecule has 7 nitrogen and oxygen atoms in total. The van der Waals surface area contributed by atoms with E-state index in [1.165, 1.54) is 0 Å². The van der Waals surface area contributed by atoms with Crippen molar-refractivity contribution in [2.24, 2.45) is 22.4 Å². The Morgan fingerprint density at radius 3 is 2.96 bits per heavy atom. The van der Waals surface area contributed by atoms with Crippen LogP contribution in [0.4, 0.5) is 10.5 Å². The minimum atomic E-state index is -0.367. The number of ether oxygens (including phenoxy) is 2. The van der Waals surface area contributed by atoms with E-state index in [2.05, 4.69) is 10.3 Å². The van der Waals surface area contributed by atoms with Crippen molar-refractivity contribution < 1.29 is 14.3 Å².